The molecule has 88 valence electrons. The molecule has 16 heavy (non-hydrogen) atoms. The molecule has 0 aromatic carbocycles. The zero-order valence-corrected chi connectivity index (χ0v) is 11.2. The second-order valence-electron chi connectivity index (χ2n) is 4.25. The van der Waals surface area contributed by atoms with Crippen LogP contribution in [-0.2, 0) is 0 Å². The van der Waals surface area contributed by atoms with Gasteiger partial charge in [0.15, 0.2) is 0 Å². The van der Waals surface area contributed by atoms with E-state index in [1.807, 2.05) is 0 Å². The molecular weight excluding hydrogens is 238 g/mol. The van der Waals surface area contributed by atoms with Crippen LogP contribution < -0.4 is 0 Å². The Morgan fingerprint density at radius 1 is 1.31 bits per heavy atom. The number of thioether (sulfide) groups is 2. The molecule has 1 fully saturated rings. The van der Waals surface area contributed by atoms with Crippen LogP contribution in [0.5, 0.6) is 0 Å². The van der Waals surface area contributed by atoms with Gasteiger partial charge in [-0.2, -0.15) is 0 Å². The minimum Gasteiger partial charge on any atom is -0.143 e. The first-order valence-electron chi connectivity index (χ1n) is 5.80. The van der Waals surface area contributed by atoms with Gasteiger partial charge in [0, 0.05) is 4.91 Å². The summed E-state index contributed by atoms with van der Waals surface area (Å²) in [4.78, 5) is 2.97. The smallest absolute Gasteiger partial charge is 0.0713 e. The van der Waals surface area contributed by atoms with Crippen LogP contribution in [0.3, 0.4) is 0 Å². The van der Waals surface area contributed by atoms with Gasteiger partial charge < -0.3 is 0 Å². The van der Waals surface area contributed by atoms with Gasteiger partial charge in [-0.05, 0) is 55.2 Å². The fourth-order valence-corrected chi connectivity index (χ4v) is 5.52. The van der Waals surface area contributed by atoms with Crippen LogP contribution in [-0.4, -0.2) is 22.1 Å². The fourth-order valence-electron chi connectivity index (χ4n) is 2.31. The van der Waals surface area contributed by atoms with Crippen LogP contribution in [0.4, 0.5) is 0 Å². The molecule has 0 amide bonds. The highest BCUT2D eigenvalue weighted by Gasteiger charge is 2.26. The molecule has 3 nitrogen and oxygen atoms in total. The number of azide groups is 1. The molecule has 1 heterocycles. The maximum atomic E-state index is 8.56. The Kier molecular flexibility index (Phi) is 4.50. The van der Waals surface area contributed by atoms with Crippen molar-refractivity contribution in [1.29, 1.82) is 0 Å². The Balaban J connectivity index is 2.16. The average Bonchev–Trinajstić information content (AvgIpc) is 2.33. The topological polar surface area (TPSA) is 48.8 Å². The third kappa shape index (κ3) is 2.70. The van der Waals surface area contributed by atoms with Gasteiger partial charge in [0.05, 0.1) is 10.6 Å². The van der Waals surface area contributed by atoms with E-state index in [9.17, 15) is 0 Å². The van der Waals surface area contributed by atoms with Gasteiger partial charge in [-0.25, -0.2) is 0 Å². The first-order valence-corrected chi connectivity index (χ1v) is 7.89. The maximum Gasteiger partial charge on any atom is 0.0713 e. The van der Waals surface area contributed by atoms with Gasteiger partial charge in [-0.3, -0.25) is 0 Å². The summed E-state index contributed by atoms with van der Waals surface area (Å²) in [5.41, 5.74) is 11.5. The van der Waals surface area contributed by atoms with Crippen molar-refractivity contribution in [3.63, 3.8) is 0 Å². The Hall–Kier alpha value is -0.250. The molecule has 2 rings (SSSR count). The Morgan fingerprint density at radius 3 is 2.75 bits per heavy atom. The third-order valence-corrected chi connectivity index (χ3v) is 6.27. The van der Waals surface area contributed by atoms with Crippen molar-refractivity contribution in [2.24, 2.45) is 5.11 Å². The molecule has 0 saturated carbocycles. The highest BCUT2D eigenvalue weighted by molar-refractivity contribution is 8.17. The number of rotatable bonds is 2. The predicted molar refractivity (Wildman–Crippen MR) is 72.8 cm³/mol. The zero-order valence-electron chi connectivity index (χ0n) is 9.56. The normalized spacial score (nSPS) is 27.7. The minimum atomic E-state index is 0.122. The first kappa shape index (κ1) is 12.2. The summed E-state index contributed by atoms with van der Waals surface area (Å²) >= 11 is 4.13. The van der Waals surface area contributed by atoms with Crippen molar-refractivity contribution in [1.82, 2.24) is 0 Å². The summed E-state index contributed by atoms with van der Waals surface area (Å²) in [6.45, 7) is 2.16. The molecule has 0 N–H and O–H groups in total. The first-order chi connectivity index (χ1) is 7.83. The van der Waals surface area contributed by atoms with Gasteiger partial charge in [0.25, 0.3) is 0 Å². The Morgan fingerprint density at radius 2 is 2.06 bits per heavy atom. The van der Waals surface area contributed by atoms with E-state index in [0.29, 0.717) is 4.58 Å². The zero-order chi connectivity index (χ0) is 11.4. The van der Waals surface area contributed by atoms with Crippen LogP contribution in [0.1, 0.15) is 32.6 Å². The van der Waals surface area contributed by atoms with E-state index in [-0.39, 0.29) is 6.04 Å². The van der Waals surface area contributed by atoms with E-state index in [1.54, 1.807) is 5.57 Å². The minimum absolute atomic E-state index is 0.122. The van der Waals surface area contributed by atoms with E-state index in [1.165, 1.54) is 36.3 Å². The highest BCUT2D eigenvalue weighted by Crippen LogP contribution is 2.42. The average molecular weight is 255 g/mol. The lowest BCUT2D eigenvalue weighted by atomic mass is 9.90. The molecule has 5 heteroatoms. The molecule has 0 aromatic rings. The number of hydrogen-bond donors (Lipinski definition) is 0. The van der Waals surface area contributed by atoms with Crippen LogP contribution in [0, 0.1) is 0 Å². The molecule has 2 aliphatic rings. The highest BCUT2D eigenvalue weighted by atomic mass is 32.2. The van der Waals surface area contributed by atoms with Gasteiger partial charge in [0.1, 0.15) is 0 Å². The van der Waals surface area contributed by atoms with Crippen LogP contribution in [0.25, 0.3) is 10.4 Å². The van der Waals surface area contributed by atoms with Crippen LogP contribution >= 0.6 is 23.5 Å². The summed E-state index contributed by atoms with van der Waals surface area (Å²) < 4.78 is 0.630. The van der Waals surface area contributed by atoms with E-state index >= 15 is 0 Å². The standard InChI is InChI=1S/C11H17N3S2/c1-8-9(11-15-6-3-7-16-11)4-2-5-10(8)13-14-12/h10-11H,2-7H2,1H3. The SMILES string of the molecule is CC1=C(C2SCCCS2)CCCC1N=[N+]=[N-]. The quantitative estimate of drug-likeness (QED) is 0.318. The molecule has 1 aliphatic heterocycles. The van der Waals surface area contributed by atoms with Gasteiger partial charge in [0.2, 0.25) is 0 Å². The van der Waals surface area contributed by atoms with Crippen molar-refractivity contribution >= 4 is 23.5 Å². The molecule has 0 radical (unpaired) electrons. The Labute approximate surface area is 105 Å². The van der Waals surface area contributed by atoms with Crippen molar-refractivity contribution in [3.8, 4) is 0 Å². The largest absolute Gasteiger partial charge is 0.143 e. The molecule has 1 unspecified atom stereocenters. The summed E-state index contributed by atoms with van der Waals surface area (Å²) in [5.74, 6) is 2.56. The molecule has 1 atom stereocenters. The second kappa shape index (κ2) is 5.89. The monoisotopic (exact) mass is 255 g/mol. The third-order valence-electron chi connectivity index (χ3n) is 3.23. The van der Waals surface area contributed by atoms with E-state index in [0.717, 1.165) is 6.42 Å². The number of nitrogens with zero attached hydrogens (tertiary/aromatic N) is 3. The summed E-state index contributed by atoms with van der Waals surface area (Å²) in [7, 11) is 0. The molecule has 0 spiro atoms. The molecule has 0 aromatic heterocycles. The summed E-state index contributed by atoms with van der Waals surface area (Å²) in [5, 5.41) is 3.91. The maximum absolute atomic E-state index is 8.56. The lowest BCUT2D eigenvalue weighted by Gasteiger charge is -2.30. The number of hydrogen-bond acceptors (Lipinski definition) is 3. The molecule has 1 saturated heterocycles. The Bertz CT molecular complexity index is 328. The van der Waals surface area contributed by atoms with Crippen molar-refractivity contribution in [2.45, 2.75) is 43.2 Å². The lowest BCUT2D eigenvalue weighted by molar-refractivity contribution is 0.591. The van der Waals surface area contributed by atoms with Gasteiger partial charge >= 0.3 is 0 Å². The van der Waals surface area contributed by atoms with Crippen LogP contribution in [0.15, 0.2) is 16.3 Å². The van der Waals surface area contributed by atoms with Crippen molar-refractivity contribution < 1.29 is 0 Å². The van der Waals surface area contributed by atoms with Crippen molar-refractivity contribution in [2.75, 3.05) is 11.5 Å². The lowest BCUT2D eigenvalue weighted by Crippen LogP contribution is -2.20. The summed E-state index contributed by atoms with van der Waals surface area (Å²) in [6.07, 6.45) is 4.74. The molecular formula is C11H17N3S2. The predicted octanol–water partition coefficient (Wildman–Crippen LogP) is 4.36. The molecule has 0 bridgehead atoms. The van der Waals surface area contributed by atoms with E-state index in [4.69, 9.17) is 5.53 Å². The van der Waals surface area contributed by atoms with Gasteiger partial charge in [-0.15, -0.1) is 23.5 Å². The van der Waals surface area contributed by atoms with E-state index < -0.39 is 0 Å². The second-order valence-corrected chi connectivity index (χ2v) is 6.97. The van der Waals surface area contributed by atoms with E-state index in [2.05, 4.69) is 40.5 Å². The van der Waals surface area contributed by atoms with Crippen LogP contribution in [0.2, 0.25) is 0 Å². The fraction of sp³-hybridized carbons (Fsp3) is 0.818. The van der Waals surface area contributed by atoms with Crippen molar-refractivity contribution in [3.05, 3.63) is 21.6 Å². The molecule has 1 aliphatic carbocycles. The summed E-state index contributed by atoms with van der Waals surface area (Å²) in [6, 6.07) is 0.122. The van der Waals surface area contributed by atoms with Gasteiger partial charge in [-0.1, -0.05) is 10.7 Å².